The molecule has 1 saturated heterocycles. The Balaban J connectivity index is 1.45. The highest BCUT2D eigenvalue weighted by Gasteiger charge is 2.57. The first-order chi connectivity index (χ1) is 19.5. The fourth-order valence-corrected chi connectivity index (χ4v) is 7.03. The van der Waals surface area contributed by atoms with Crippen LogP contribution in [0.2, 0.25) is 0 Å². The molecular weight excluding hydrogens is 526 g/mol. The van der Waals surface area contributed by atoms with Crippen LogP contribution < -0.4 is 9.47 Å². The lowest BCUT2D eigenvalue weighted by Gasteiger charge is -2.40. The highest BCUT2D eigenvalue weighted by molar-refractivity contribution is 5.86. The Morgan fingerprint density at radius 3 is 2.66 bits per heavy atom. The number of carbonyl (C=O) groups excluding carboxylic acids is 2. The molecule has 1 unspecified atom stereocenters. The summed E-state index contributed by atoms with van der Waals surface area (Å²) < 4.78 is 22.9. The number of ether oxygens (including phenoxy) is 4. The van der Waals surface area contributed by atoms with E-state index in [-0.39, 0.29) is 31.3 Å². The number of benzene rings is 1. The van der Waals surface area contributed by atoms with Crippen molar-refractivity contribution < 1.29 is 38.7 Å². The van der Waals surface area contributed by atoms with E-state index in [0.717, 1.165) is 54.8 Å². The lowest BCUT2D eigenvalue weighted by molar-refractivity contribution is -0.177. The Morgan fingerprint density at radius 1 is 1.17 bits per heavy atom. The van der Waals surface area contributed by atoms with Crippen molar-refractivity contribution in [3.05, 3.63) is 47.1 Å². The molecule has 224 valence electrons. The molecular formula is C32H43NO8. The van der Waals surface area contributed by atoms with E-state index in [4.69, 9.17) is 18.9 Å². The summed E-state index contributed by atoms with van der Waals surface area (Å²) >= 11 is 0. The molecule has 1 spiro atoms. The molecule has 9 nitrogen and oxygen atoms in total. The van der Waals surface area contributed by atoms with Gasteiger partial charge in [-0.1, -0.05) is 18.2 Å². The molecule has 2 N–H and O–H groups in total. The number of carbonyl (C=O) groups is 2. The second-order valence-electron chi connectivity index (χ2n) is 12.6. The van der Waals surface area contributed by atoms with E-state index in [1.807, 2.05) is 26.0 Å². The average molecular weight is 570 g/mol. The second kappa shape index (κ2) is 11.4. The first-order valence-corrected chi connectivity index (χ1v) is 14.8. The van der Waals surface area contributed by atoms with Crippen LogP contribution in [0.5, 0.6) is 11.5 Å². The van der Waals surface area contributed by atoms with Crippen LogP contribution >= 0.6 is 0 Å². The molecule has 0 amide bonds. The van der Waals surface area contributed by atoms with Crippen molar-refractivity contribution in [2.75, 3.05) is 26.5 Å². The minimum Gasteiger partial charge on any atom is -0.461 e. The van der Waals surface area contributed by atoms with E-state index >= 15 is 0 Å². The van der Waals surface area contributed by atoms with Crippen LogP contribution in [-0.2, 0) is 25.5 Å². The lowest BCUT2D eigenvalue weighted by Crippen LogP contribution is -2.49. The quantitative estimate of drug-likeness (QED) is 0.319. The van der Waals surface area contributed by atoms with Crippen molar-refractivity contribution in [1.82, 2.24) is 4.90 Å². The molecule has 4 aliphatic rings. The summed E-state index contributed by atoms with van der Waals surface area (Å²) in [5.74, 6) is -0.304. The van der Waals surface area contributed by atoms with Crippen molar-refractivity contribution in [3.63, 3.8) is 0 Å². The predicted octanol–water partition coefficient (Wildman–Crippen LogP) is 3.94. The number of allylic oxidation sites excluding steroid dienone is 1. The van der Waals surface area contributed by atoms with Gasteiger partial charge in [0.05, 0.1) is 17.6 Å². The Hall–Kier alpha value is -2.88. The largest absolute Gasteiger partial charge is 0.461 e. The summed E-state index contributed by atoms with van der Waals surface area (Å²) in [7, 11) is 0. The molecule has 9 heteroatoms. The lowest BCUT2D eigenvalue weighted by atomic mass is 9.77. The molecule has 1 aliphatic carbocycles. The van der Waals surface area contributed by atoms with E-state index in [1.54, 1.807) is 26.0 Å². The molecule has 0 radical (unpaired) electrons. The zero-order valence-corrected chi connectivity index (χ0v) is 24.6. The molecule has 5 rings (SSSR count). The van der Waals surface area contributed by atoms with Crippen LogP contribution in [0.4, 0.5) is 0 Å². The maximum atomic E-state index is 13.9. The van der Waals surface area contributed by atoms with Gasteiger partial charge in [0.25, 0.3) is 0 Å². The van der Waals surface area contributed by atoms with Crippen LogP contribution in [0.15, 0.2) is 35.9 Å². The van der Waals surface area contributed by atoms with Crippen molar-refractivity contribution in [1.29, 1.82) is 0 Å². The first kappa shape index (κ1) is 29.6. The Bertz CT molecular complexity index is 1230. The molecule has 4 atom stereocenters. The van der Waals surface area contributed by atoms with E-state index in [0.29, 0.717) is 18.6 Å². The van der Waals surface area contributed by atoms with Crippen molar-refractivity contribution in [3.8, 4) is 11.5 Å². The Kier molecular flexibility index (Phi) is 8.25. The van der Waals surface area contributed by atoms with E-state index < -0.39 is 35.7 Å². The molecule has 1 aromatic carbocycles. The summed E-state index contributed by atoms with van der Waals surface area (Å²) in [5, 5.41) is 21.9. The molecule has 41 heavy (non-hydrogen) atoms. The van der Waals surface area contributed by atoms with Gasteiger partial charge in [0.2, 0.25) is 6.79 Å². The van der Waals surface area contributed by atoms with Crippen LogP contribution in [0, 0.1) is 0 Å². The zero-order chi connectivity index (χ0) is 29.4. The van der Waals surface area contributed by atoms with Gasteiger partial charge in [0.15, 0.2) is 17.1 Å². The van der Waals surface area contributed by atoms with Crippen molar-refractivity contribution in [2.45, 2.75) is 101 Å². The van der Waals surface area contributed by atoms with Gasteiger partial charge >= 0.3 is 11.9 Å². The van der Waals surface area contributed by atoms with Crippen LogP contribution in [0.3, 0.4) is 0 Å². The number of fused-ring (bicyclic) bond motifs is 3. The second-order valence-corrected chi connectivity index (χ2v) is 12.6. The Labute approximate surface area is 242 Å². The number of hydrogen-bond donors (Lipinski definition) is 2. The Morgan fingerprint density at radius 2 is 1.93 bits per heavy atom. The van der Waals surface area contributed by atoms with Crippen LogP contribution in [0.1, 0.15) is 83.3 Å². The zero-order valence-electron chi connectivity index (χ0n) is 24.6. The van der Waals surface area contributed by atoms with Gasteiger partial charge in [-0.05, 0) is 102 Å². The fourth-order valence-electron chi connectivity index (χ4n) is 7.03. The summed E-state index contributed by atoms with van der Waals surface area (Å²) in [5.41, 5.74) is -0.234. The maximum absolute atomic E-state index is 13.9. The van der Waals surface area contributed by atoms with E-state index in [9.17, 15) is 19.8 Å². The highest BCUT2D eigenvalue weighted by atomic mass is 16.7. The van der Waals surface area contributed by atoms with Gasteiger partial charge in [-0.15, -0.1) is 0 Å². The van der Waals surface area contributed by atoms with Gasteiger partial charge in [-0.25, -0.2) is 4.79 Å². The molecule has 1 fully saturated rings. The summed E-state index contributed by atoms with van der Waals surface area (Å²) in [6, 6.07) is 4.08. The minimum atomic E-state index is -2.09. The van der Waals surface area contributed by atoms with E-state index in [1.165, 1.54) is 0 Å². The maximum Gasteiger partial charge on any atom is 0.339 e. The number of hydrogen-bond acceptors (Lipinski definition) is 9. The monoisotopic (exact) mass is 569 g/mol. The van der Waals surface area contributed by atoms with Crippen molar-refractivity contribution >= 4 is 11.9 Å². The SMILES string of the molecule is C/C=C/COC(=O)C[C@](O)(CCCC(C)(C)O)C(=O)OC1C(C)=C[C@]23CCCN2CCc2cc4c(cc2[C@H]13)OCO4. The van der Waals surface area contributed by atoms with E-state index in [2.05, 4.69) is 11.0 Å². The summed E-state index contributed by atoms with van der Waals surface area (Å²) in [4.78, 5) is 29.1. The van der Waals surface area contributed by atoms with Gasteiger partial charge in [0.1, 0.15) is 12.7 Å². The molecule has 0 bridgehead atoms. The van der Waals surface area contributed by atoms with Crippen LogP contribution in [-0.4, -0.2) is 76.4 Å². The highest BCUT2D eigenvalue weighted by Crippen LogP contribution is 2.55. The number of esters is 2. The number of aliphatic hydroxyl groups is 2. The smallest absolute Gasteiger partial charge is 0.339 e. The molecule has 1 aromatic rings. The molecule has 0 saturated carbocycles. The predicted molar refractivity (Wildman–Crippen MR) is 152 cm³/mol. The summed E-state index contributed by atoms with van der Waals surface area (Å²) in [6.07, 6.45) is 7.98. The third-order valence-electron chi connectivity index (χ3n) is 8.99. The fraction of sp³-hybridized carbons (Fsp3) is 0.625. The number of rotatable bonds is 10. The van der Waals surface area contributed by atoms with Gasteiger partial charge in [-0.3, -0.25) is 9.69 Å². The number of nitrogens with zero attached hydrogens (tertiary/aromatic N) is 1. The molecule has 3 aliphatic heterocycles. The minimum absolute atomic E-state index is 0.0404. The topological polar surface area (TPSA) is 115 Å². The third-order valence-corrected chi connectivity index (χ3v) is 8.99. The first-order valence-electron chi connectivity index (χ1n) is 14.8. The normalized spacial score (nSPS) is 26.5. The van der Waals surface area contributed by atoms with Gasteiger partial charge in [-0.2, -0.15) is 0 Å². The third kappa shape index (κ3) is 5.90. The van der Waals surface area contributed by atoms with Gasteiger partial charge < -0.3 is 29.2 Å². The van der Waals surface area contributed by atoms with Gasteiger partial charge in [0, 0.05) is 12.5 Å². The summed E-state index contributed by atoms with van der Waals surface area (Å²) in [6.45, 7) is 9.21. The molecule has 0 aromatic heterocycles. The van der Waals surface area contributed by atoms with Crippen LogP contribution in [0.25, 0.3) is 0 Å². The standard InChI is InChI=1S/C32H43NO8/c1-5-6-15-38-26(34)19-32(37,12-7-10-30(3,4)36)29(35)41-28-21(2)18-31-11-8-13-33(31)14-9-22-16-24-25(40-20-39-24)17-23(22)27(28)31/h5-6,16-18,27-28,36-37H,7-15,19-20H2,1-4H3/b6-5+/t27-,28?,31+,32-/m1/s1. The average Bonchev–Trinajstić information content (AvgIpc) is 3.57. The molecule has 3 heterocycles. The van der Waals surface area contributed by atoms with Crippen molar-refractivity contribution in [2.24, 2.45) is 0 Å².